The van der Waals surface area contributed by atoms with Gasteiger partial charge < -0.3 is 37.4 Å². The van der Waals surface area contributed by atoms with Crippen LogP contribution in [0.3, 0.4) is 0 Å². The fourth-order valence-corrected chi connectivity index (χ4v) is 4.33. The Morgan fingerprint density at radius 2 is 1.56 bits per heavy atom. The van der Waals surface area contributed by atoms with E-state index >= 15 is 0 Å². The zero-order valence-electron chi connectivity index (χ0n) is 18.2. The number of rotatable bonds is 11. The Balaban J connectivity index is 2.11. The van der Waals surface area contributed by atoms with Gasteiger partial charge in [0.1, 0.15) is 18.1 Å². The summed E-state index contributed by atoms with van der Waals surface area (Å²) in [5.41, 5.74) is 16.4. The van der Waals surface area contributed by atoms with Crippen LogP contribution in [0.2, 0.25) is 0 Å². The second-order valence-electron chi connectivity index (χ2n) is 8.34. The lowest BCUT2D eigenvalue weighted by Crippen LogP contribution is -2.56. The van der Waals surface area contributed by atoms with Crippen LogP contribution < -0.4 is 22.5 Å². The second kappa shape index (κ2) is 11.8. The highest BCUT2D eigenvalue weighted by atomic mass is 16.4. The summed E-state index contributed by atoms with van der Waals surface area (Å²) in [4.78, 5) is 64.0. The summed E-state index contributed by atoms with van der Waals surface area (Å²) in [6.45, 7) is 1.05. The minimum absolute atomic E-state index is 0.308. The van der Waals surface area contributed by atoms with Gasteiger partial charge in [-0.05, 0) is 51.5 Å². The van der Waals surface area contributed by atoms with Gasteiger partial charge in [0.15, 0.2) is 0 Å². The van der Waals surface area contributed by atoms with E-state index in [1.807, 2.05) is 0 Å². The van der Waals surface area contributed by atoms with E-state index in [1.54, 1.807) is 0 Å². The SMILES string of the molecule is NCCCCC(NC(=O)C1CCCN1C(=O)C(N)CC(N)=O)C(=O)N1CCCC1C(=O)O. The quantitative estimate of drug-likeness (QED) is 0.218. The van der Waals surface area contributed by atoms with Gasteiger partial charge in [-0.2, -0.15) is 0 Å². The lowest BCUT2D eigenvalue weighted by Gasteiger charge is -2.30. The zero-order valence-corrected chi connectivity index (χ0v) is 18.2. The van der Waals surface area contributed by atoms with Crippen LogP contribution in [0.25, 0.3) is 0 Å². The molecule has 0 aromatic carbocycles. The van der Waals surface area contributed by atoms with Gasteiger partial charge in [0.25, 0.3) is 0 Å². The maximum absolute atomic E-state index is 13.1. The van der Waals surface area contributed by atoms with Crippen molar-refractivity contribution in [3.63, 3.8) is 0 Å². The van der Waals surface area contributed by atoms with Crippen molar-refractivity contribution in [1.29, 1.82) is 0 Å². The minimum Gasteiger partial charge on any atom is -0.480 e. The number of nitrogens with one attached hydrogen (secondary N) is 1. The Morgan fingerprint density at radius 3 is 2.12 bits per heavy atom. The molecule has 0 saturated carbocycles. The Kier molecular flexibility index (Phi) is 9.39. The van der Waals surface area contributed by atoms with E-state index in [-0.39, 0.29) is 6.42 Å². The molecule has 8 N–H and O–H groups in total. The molecule has 0 spiro atoms. The van der Waals surface area contributed by atoms with Crippen LogP contribution in [0.1, 0.15) is 51.4 Å². The fourth-order valence-electron chi connectivity index (χ4n) is 4.33. The summed E-state index contributed by atoms with van der Waals surface area (Å²) >= 11 is 0. The molecule has 2 heterocycles. The molecule has 180 valence electrons. The van der Waals surface area contributed by atoms with E-state index in [0.29, 0.717) is 64.6 Å². The number of nitrogens with zero attached hydrogens (tertiary/aromatic N) is 2. The van der Waals surface area contributed by atoms with E-state index in [2.05, 4.69) is 5.32 Å². The van der Waals surface area contributed by atoms with Gasteiger partial charge in [-0.3, -0.25) is 19.2 Å². The second-order valence-corrected chi connectivity index (χ2v) is 8.34. The van der Waals surface area contributed by atoms with Crippen LogP contribution in [0.15, 0.2) is 0 Å². The molecule has 4 atom stereocenters. The van der Waals surface area contributed by atoms with Crippen molar-refractivity contribution in [2.24, 2.45) is 17.2 Å². The highest BCUT2D eigenvalue weighted by Crippen LogP contribution is 2.22. The lowest BCUT2D eigenvalue weighted by atomic mass is 10.1. The molecule has 0 radical (unpaired) electrons. The monoisotopic (exact) mass is 454 g/mol. The number of amides is 4. The van der Waals surface area contributed by atoms with E-state index < -0.39 is 53.8 Å². The van der Waals surface area contributed by atoms with Crippen molar-refractivity contribution in [3.8, 4) is 0 Å². The summed E-state index contributed by atoms with van der Waals surface area (Å²) < 4.78 is 0. The van der Waals surface area contributed by atoms with Crippen molar-refractivity contribution >= 4 is 29.6 Å². The molecule has 2 fully saturated rings. The Bertz CT molecular complexity index is 731. The highest BCUT2D eigenvalue weighted by molar-refractivity contribution is 5.95. The maximum Gasteiger partial charge on any atom is 0.326 e. The van der Waals surface area contributed by atoms with Crippen molar-refractivity contribution in [3.05, 3.63) is 0 Å². The number of carbonyl (C=O) groups excluding carboxylic acids is 4. The molecule has 12 nitrogen and oxygen atoms in total. The van der Waals surface area contributed by atoms with Gasteiger partial charge in [0.2, 0.25) is 23.6 Å². The molecule has 2 aliphatic heterocycles. The predicted molar refractivity (Wildman–Crippen MR) is 114 cm³/mol. The summed E-state index contributed by atoms with van der Waals surface area (Å²) in [5.74, 6) is -3.27. The van der Waals surface area contributed by atoms with Gasteiger partial charge in [-0.25, -0.2) is 4.79 Å². The average Bonchev–Trinajstić information content (AvgIpc) is 3.41. The molecule has 2 aliphatic rings. The maximum atomic E-state index is 13.1. The number of hydrogen-bond acceptors (Lipinski definition) is 7. The smallest absolute Gasteiger partial charge is 0.326 e. The average molecular weight is 455 g/mol. The van der Waals surface area contributed by atoms with E-state index in [1.165, 1.54) is 9.80 Å². The molecule has 4 amide bonds. The lowest BCUT2D eigenvalue weighted by molar-refractivity contribution is -0.150. The third-order valence-electron chi connectivity index (χ3n) is 5.96. The molecule has 2 rings (SSSR count). The highest BCUT2D eigenvalue weighted by Gasteiger charge is 2.40. The minimum atomic E-state index is -1.14. The van der Waals surface area contributed by atoms with E-state index in [9.17, 15) is 29.1 Å². The number of aliphatic carboxylic acids is 1. The first-order valence-electron chi connectivity index (χ1n) is 11.1. The molecule has 12 heteroatoms. The summed E-state index contributed by atoms with van der Waals surface area (Å²) in [6.07, 6.45) is 3.13. The first-order chi connectivity index (χ1) is 15.2. The van der Waals surface area contributed by atoms with Gasteiger partial charge in [0.05, 0.1) is 12.5 Å². The molecule has 0 aromatic heterocycles. The van der Waals surface area contributed by atoms with Gasteiger partial charge in [-0.1, -0.05) is 0 Å². The Labute approximate surface area is 186 Å². The first-order valence-corrected chi connectivity index (χ1v) is 11.1. The Morgan fingerprint density at radius 1 is 0.969 bits per heavy atom. The summed E-state index contributed by atoms with van der Waals surface area (Å²) in [6, 6.07) is -3.78. The van der Waals surface area contributed by atoms with Crippen LogP contribution in [0.4, 0.5) is 0 Å². The summed E-state index contributed by atoms with van der Waals surface area (Å²) in [5, 5.41) is 12.1. The van der Waals surface area contributed by atoms with Gasteiger partial charge >= 0.3 is 5.97 Å². The number of nitrogens with two attached hydrogens (primary N) is 3. The predicted octanol–water partition coefficient (Wildman–Crippen LogP) is -2.13. The van der Waals surface area contributed by atoms with Crippen LogP contribution in [0.5, 0.6) is 0 Å². The number of carboxylic acids is 1. The number of carbonyl (C=O) groups is 5. The normalized spacial score (nSPS) is 22.4. The van der Waals surface area contributed by atoms with Crippen molar-refractivity contribution in [2.75, 3.05) is 19.6 Å². The molecule has 32 heavy (non-hydrogen) atoms. The molecule has 0 bridgehead atoms. The number of primary amides is 1. The summed E-state index contributed by atoms with van der Waals surface area (Å²) in [7, 11) is 0. The third-order valence-corrected chi connectivity index (χ3v) is 5.96. The number of hydrogen-bond donors (Lipinski definition) is 5. The molecular formula is C20H34N6O6. The molecule has 0 aliphatic carbocycles. The van der Waals surface area contributed by atoms with Crippen molar-refractivity contribution < 1.29 is 29.1 Å². The van der Waals surface area contributed by atoms with Crippen LogP contribution in [-0.4, -0.2) is 88.3 Å². The largest absolute Gasteiger partial charge is 0.480 e. The number of unbranched alkanes of at least 4 members (excludes halogenated alkanes) is 1. The molecule has 2 saturated heterocycles. The standard InChI is InChI=1S/C20H34N6O6/c21-8-2-1-5-13(19(30)26-10-4-7-15(26)20(31)32)24-17(28)14-6-3-9-25(14)18(29)12(22)11-16(23)27/h12-15H,1-11,21-22H2,(H2,23,27)(H,24,28)(H,31,32). The van der Waals surface area contributed by atoms with E-state index in [0.717, 1.165) is 0 Å². The number of carboxylic acid groups (broad SMARTS) is 1. The molecule has 4 unspecified atom stereocenters. The van der Waals surface area contributed by atoms with Gasteiger partial charge in [0, 0.05) is 13.1 Å². The van der Waals surface area contributed by atoms with E-state index in [4.69, 9.17) is 17.2 Å². The van der Waals surface area contributed by atoms with Gasteiger partial charge in [-0.15, -0.1) is 0 Å². The first kappa shape index (κ1) is 25.5. The Hall–Kier alpha value is -2.73. The fraction of sp³-hybridized carbons (Fsp3) is 0.750. The zero-order chi connectivity index (χ0) is 23.8. The topological polar surface area (TPSA) is 202 Å². The third kappa shape index (κ3) is 6.39. The molecular weight excluding hydrogens is 420 g/mol. The van der Waals surface area contributed by atoms with Crippen LogP contribution in [-0.2, 0) is 24.0 Å². The van der Waals surface area contributed by atoms with Crippen LogP contribution in [0, 0.1) is 0 Å². The van der Waals surface area contributed by atoms with Crippen molar-refractivity contribution in [2.45, 2.75) is 75.5 Å². The molecule has 0 aromatic rings. The van der Waals surface area contributed by atoms with Crippen LogP contribution >= 0.6 is 0 Å². The van der Waals surface area contributed by atoms with Crippen molar-refractivity contribution in [1.82, 2.24) is 15.1 Å². The number of likely N-dealkylation sites (tertiary alicyclic amines) is 2.